The van der Waals surface area contributed by atoms with Crippen LogP contribution in [0.5, 0.6) is 5.75 Å². The smallest absolute Gasteiger partial charge is 0.121 e. The molecule has 0 aliphatic carbocycles. The van der Waals surface area contributed by atoms with Gasteiger partial charge in [0.05, 0.1) is 18.3 Å². The molecule has 0 aliphatic rings. The number of nitrogens with zero attached hydrogens (tertiary/aromatic N) is 1. The number of pyridine rings is 1. The summed E-state index contributed by atoms with van der Waals surface area (Å²) in [5.41, 5.74) is 8.75. The maximum atomic E-state index is 5.61. The highest BCUT2D eigenvalue weighted by Crippen LogP contribution is 2.31. The van der Waals surface area contributed by atoms with E-state index in [1.807, 2.05) is 24.4 Å². The number of methoxy groups -OCH3 is 1. The Morgan fingerprint density at radius 1 is 1.39 bits per heavy atom. The standard InChI is InChI=1S/C19H27N3O/c1-4-5-8-15-9-11-21-19-17(15)12-16(23-3)13-18(19)22-14(2)7-6-10-20/h5,8-9,11-14,22H,4,6-7,10,20H2,1-3H3/b8-5+. The minimum absolute atomic E-state index is 0.338. The SMILES string of the molecule is CC/C=C/c1ccnc2c(NC(C)CCCN)cc(OC)cc12. The zero-order chi connectivity index (χ0) is 16.7. The summed E-state index contributed by atoms with van der Waals surface area (Å²) in [4.78, 5) is 4.58. The van der Waals surface area contributed by atoms with Crippen LogP contribution in [0.25, 0.3) is 17.0 Å². The van der Waals surface area contributed by atoms with Crippen molar-refractivity contribution in [2.45, 2.75) is 39.2 Å². The predicted octanol–water partition coefficient (Wildman–Crippen LogP) is 4.21. The number of ether oxygens (including phenoxy) is 1. The van der Waals surface area contributed by atoms with Gasteiger partial charge < -0.3 is 15.8 Å². The number of fused-ring (bicyclic) bond motifs is 1. The van der Waals surface area contributed by atoms with Gasteiger partial charge in [0.25, 0.3) is 0 Å². The molecule has 1 heterocycles. The van der Waals surface area contributed by atoms with Gasteiger partial charge in [0.15, 0.2) is 0 Å². The number of allylic oxidation sites excluding steroid dienone is 1. The maximum Gasteiger partial charge on any atom is 0.121 e. The molecule has 124 valence electrons. The van der Waals surface area contributed by atoms with Crippen molar-refractivity contribution in [3.05, 3.63) is 36.0 Å². The lowest BCUT2D eigenvalue weighted by atomic mass is 10.1. The molecule has 2 aromatic rings. The Kier molecular flexibility index (Phi) is 6.41. The van der Waals surface area contributed by atoms with Gasteiger partial charge in [-0.25, -0.2) is 0 Å². The van der Waals surface area contributed by atoms with Crippen LogP contribution >= 0.6 is 0 Å². The molecule has 0 spiro atoms. The zero-order valence-corrected chi connectivity index (χ0v) is 14.3. The maximum absolute atomic E-state index is 5.61. The Morgan fingerprint density at radius 2 is 2.22 bits per heavy atom. The average molecular weight is 313 g/mol. The van der Waals surface area contributed by atoms with Crippen LogP contribution in [-0.4, -0.2) is 24.7 Å². The molecule has 0 bridgehead atoms. The Labute approximate surface area is 138 Å². The summed E-state index contributed by atoms with van der Waals surface area (Å²) in [6.45, 7) is 5.02. The number of hydrogen-bond acceptors (Lipinski definition) is 4. The van der Waals surface area contributed by atoms with Gasteiger partial charge in [-0.1, -0.05) is 19.1 Å². The Hall–Kier alpha value is -2.07. The van der Waals surface area contributed by atoms with Crippen molar-refractivity contribution < 1.29 is 4.74 Å². The number of aromatic nitrogens is 1. The quantitative estimate of drug-likeness (QED) is 0.766. The van der Waals surface area contributed by atoms with Crippen LogP contribution in [0.15, 0.2) is 30.5 Å². The molecule has 4 nitrogen and oxygen atoms in total. The van der Waals surface area contributed by atoms with Crippen LogP contribution in [-0.2, 0) is 0 Å². The average Bonchev–Trinajstić information content (AvgIpc) is 2.57. The first-order chi connectivity index (χ1) is 11.2. The highest BCUT2D eigenvalue weighted by molar-refractivity contribution is 5.97. The van der Waals surface area contributed by atoms with E-state index in [0.717, 1.165) is 53.7 Å². The lowest BCUT2D eigenvalue weighted by molar-refractivity contribution is 0.415. The van der Waals surface area contributed by atoms with Crippen molar-refractivity contribution in [2.75, 3.05) is 19.0 Å². The molecule has 1 aromatic carbocycles. The van der Waals surface area contributed by atoms with E-state index in [9.17, 15) is 0 Å². The van der Waals surface area contributed by atoms with Crippen LogP contribution < -0.4 is 15.8 Å². The molecule has 0 saturated heterocycles. The molecule has 0 amide bonds. The third-order valence-electron chi connectivity index (χ3n) is 3.86. The van der Waals surface area contributed by atoms with Crippen molar-refractivity contribution in [1.29, 1.82) is 0 Å². The third-order valence-corrected chi connectivity index (χ3v) is 3.86. The molecule has 2 rings (SSSR count). The highest BCUT2D eigenvalue weighted by atomic mass is 16.5. The first kappa shape index (κ1) is 17.3. The largest absolute Gasteiger partial charge is 0.497 e. The normalized spacial score (nSPS) is 12.7. The first-order valence-corrected chi connectivity index (χ1v) is 8.29. The molecule has 0 aliphatic heterocycles. The predicted molar refractivity (Wildman–Crippen MR) is 99.0 cm³/mol. The van der Waals surface area contributed by atoms with Crippen LogP contribution in [0.3, 0.4) is 0 Å². The van der Waals surface area contributed by atoms with Gasteiger partial charge in [-0.2, -0.15) is 0 Å². The molecule has 0 radical (unpaired) electrons. The number of anilines is 1. The molecular formula is C19H27N3O. The third kappa shape index (κ3) is 4.45. The fourth-order valence-corrected chi connectivity index (χ4v) is 2.63. The van der Waals surface area contributed by atoms with Crippen molar-refractivity contribution in [2.24, 2.45) is 5.73 Å². The van der Waals surface area contributed by atoms with Gasteiger partial charge in [-0.15, -0.1) is 0 Å². The number of benzene rings is 1. The van der Waals surface area contributed by atoms with Gasteiger partial charge in [-0.05, 0) is 50.4 Å². The summed E-state index contributed by atoms with van der Waals surface area (Å²) < 4.78 is 5.47. The van der Waals surface area contributed by atoms with Gasteiger partial charge >= 0.3 is 0 Å². The molecule has 4 heteroatoms. The monoisotopic (exact) mass is 313 g/mol. The number of nitrogens with one attached hydrogen (secondary N) is 1. The van der Waals surface area contributed by atoms with Crippen LogP contribution in [0.2, 0.25) is 0 Å². The van der Waals surface area contributed by atoms with Gasteiger partial charge in [-0.3, -0.25) is 4.98 Å². The molecule has 0 fully saturated rings. The van der Waals surface area contributed by atoms with Crippen LogP contribution in [0.4, 0.5) is 5.69 Å². The van der Waals surface area contributed by atoms with E-state index in [0.29, 0.717) is 6.04 Å². The Bertz CT molecular complexity index is 667. The molecule has 23 heavy (non-hydrogen) atoms. The fraction of sp³-hybridized carbons (Fsp3) is 0.421. The summed E-state index contributed by atoms with van der Waals surface area (Å²) in [5, 5.41) is 4.66. The minimum atomic E-state index is 0.338. The second kappa shape index (κ2) is 8.53. The van der Waals surface area contributed by atoms with Gasteiger partial charge in [0.2, 0.25) is 0 Å². The van der Waals surface area contributed by atoms with E-state index in [4.69, 9.17) is 10.5 Å². The van der Waals surface area contributed by atoms with E-state index in [-0.39, 0.29) is 0 Å². The van der Waals surface area contributed by atoms with E-state index in [1.54, 1.807) is 7.11 Å². The minimum Gasteiger partial charge on any atom is -0.497 e. The fourth-order valence-electron chi connectivity index (χ4n) is 2.63. The van der Waals surface area contributed by atoms with Crippen molar-refractivity contribution >= 4 is 22.7 Å². The summed E-state index contributed by atoms with van der Waals surface area (Å²) in [7, 11) is 1.70. The van der Waals surface area contributed by atoms with Crippen molar-refractivity contribution in [3.63, 3.8) is 0 Å². The van der Waals surface area contributed by atoms with E-state index in [1.165, 1.54) is 0 Å². The van der Waals surface area contributed by atoms with Crippen molar-refractivity contribution in [1.82, 2.24) is 4.98 Å². The first-order valence-electron chi connectivity index (χ1n) is 8.29. The van der Waals surface area contributed by atoms with Crippen molar-refractivity contribution in [3.8, 4) is 5.75 Å². The Balaban J connectivity index is 2.44. The van der Waals surface area contributed by atoms with Gasteiger partial charge in [0, 0.05) is 23.7 Å². The molecule has 1 unspecified atom stereocenters. The molecule has 0 saturated carbocycles. The second-order valence-electron chi connectivity index (χ2n) is 5.76. The summed E-state index contributed by atoms with van der Waals surface area (Å²) in [6.07, 6.45) is 9.21. The van der Waals surface area contributed by atoms with Crippen LogP contribution in [0, 0.1) is 0 Å². The highest BCUT2D eigenvalue weighted by Gasteiger charge is 2.11. The van der Waals surface area contributed by atoms with E-state index in [2.05, 4.69) is 36.3 Å². The zero-order valence-electron chi connectivity index (χ0n) is 14.3. The van der Waals surface area contributed by atoms with E-state index >= 15 is 0 Å². The lowest BCUT2D eigenvalue weighted by Crippen LogP contribution is -2.17. The number of nitrogens with two attached hydrogens (primary N) is 1. The lowest BCUT2D eigenvalue weighted by Gasteiger charge is -2.17. The summed E-state index contributed by atoms with van der Waals surface area (Å²) in [5.74, 6) is 0.838. The molecule has 3 N–H and O–H groups in total. The molecule has 1 atom stereocenters. The summed E-state index contributed by atoms with van der Waals surface area (Å²) in [6, 6.07) is 6.44. The Morgan fingerprint density at radius 3 is 2.91 bits per heavy atom. The van der Waals surface area contributed by atoms with Crippen LogP contribution in [0.1, 0.15) is 38.7 Å². The van der Waals surface area contributed by atoms with E-state index < -0.39 is 0 Å². The van der Waals surface area contributed by atoms with Gasteiger partial charge in [0.1, 0.15) is 5.75 Å². The number of hydrogen-bond donors (Lipinski definition) is 2. The molecule has 1 aromatic heterocycles. The molecular weight excluding hydrogens is 286 g/mol. The number of rotatable bonds is 8. The topological polar surface area (TPSA) is 60.2 Å². The summed E-state index contributed by atoms with van der Waals surface area (Å²) >= 11 is 0. The second-order valence-corrected chi connectivity index (χ2v) is 5.76.